The molecule has 2 heterocycles. The van der Waals surface area contributed by atoms with Gasteiger partial charge in [-0.05, 0) is 46.3 Å². The lowest BCUT2D eigenvalue weighted by Gasteiger charge is -2.07. The molecule has 0 bridgehead atoms. The van der Waals surface area contributed by atoms with Crippen molar-refractivity contribution < 1.29 is 9.59 Å². The van der Waals surface area contributed by atoms with Crippen LogP contribution in [0, 0.1) is 0 Å². The Balaban J connectivity index is 1.54. The predicted molar refractivity (Wildman–Crippen MR) is 122 cm³/mol. The normalized spacial score (nSPS) is 10.6. The third-order valence-electron chi connectivity index (χ3n) is 4.49. The van der Waals surface area contributed by atoms with Crippen LogP contribution in [0.2, 0.25) is 5.02 Å². The first kappa shape index (κ1) is 20.9. The minimum atomic E-state index is -0.447. The van der Waals surface area contributed by atoms with Gasteiger partial charge in [0.15, 0.2) is 0 Å². The van der Waals surface area contributed by atoms with Gasteiger partial charge in [0.25, 0.3) is 5.91 Å². The number of hydrogen-bond donors (Lipinski definition) is 3. The highest BCUT2D eigenvalue weighted by molar-refractivity contribution is 9.10. The number of aromatic nitrogens is 3. The number of nitrogens with zero attached hydrogens (tertiary/aromatic N) is 2. The average molecular weight is 499 g/mol. The van der Waals surface area contributed by atoms with Crippen LogP contribution in [0.5, 0.6) is 0 Å². The van der Waals surface area contributed by atoms with Crippen molar-refractivity contribution in [3.05, 3.63) is 93.8 Å². The van der Waals surface area contributed by atoms with Gasteiger partial charge < -0.3 is 4.98 Å². The molecule has 2 amide bonds. The van der Waals surface area contributed by atoms with Crippen molar-refractivity contribution in [3.63, 3.8) is 0 Å². The Bertz CT molecular complexity index is 1220. The molecule has 0 aliphatic rings. The molecule has 4 rings (SSSR count). The number of carbonyl (C=O) groups excluding carboxylic acids is 2. The number of halogens is 2. The molecule has 0 unspecified atom stereocenters. The summed E-state index contributed by atoms with van der Waals surface area (Å²) in [6.07, 6.45) is 3.47. The molecule has 0 saturated heterocycles. The van der Waals surface area contributed by atoms with Gasteiger partial charge in [-0.3, -0.25) is 20.4 Å². The summed E-state index contributed by atoms with van der Waals surface area (Å²) in [4.78, 5) is 27.5. The predicted octanol–water partition coefficient (Wildman–Crippen LogP) is 4.29. The van der Waals surface area contributed by atoms with E-state index in [9.17, 15) is 9.59 Å². The Morgan fingerprint density at radius 3 is 2.48 bits per heavy atom. The summed E-state index contributed by atoms with van der Waals surface area (Å²) in [5, 5.41) is 5.29. The Morgan fingerprint density at radius 1 is 1.06 bits per heavy atom. The van der Waals surface area contributed by atoms with Gasteiger partial charge in [-0.15, -0.1) is 0 Å². The Labute approximate surface area is 191 Å². The van der Waals surface area contributed by atoms with Crippen molar-refractivity contribution in [2.45, 2.75) is 6.42 Å². The van der Waals surface area contributed by atoms with E-state index in [0.29, 0.717) is 22.0 Å². The molecule has 0 fully saturated rings. The van der Waals surface area contributed by atoms with Gasteiger partial charge in [-0.1, -0.05) is 41.9 Å². The summed E-state index contributed by atoms with van der Waals surface area (Å²) in [5.41, 5.74) is 8.25. The van der Waals surface area contributed by atoms with Gasteiger partial charge in [0.2, 0.25) is 5.91 Å². The minimum Gasteiger partial charge on any atom is -0.356 e. The molecule has 3 N–H and O–H groups in total. The van der Waals surface area contributed by atoms with Crippen molar-refractivity contribution in [1.82, 2.24) is 25.6 Å². The second-order valence-corrected chi connectivity index (χ2v) is 8.05. The molecule has 0 aliphatic carbocycles. The molecule has 0 spiro atoms. The largest absolute Gasteiger partial charge is 0.356 e. The lowest BCUT2D eigenvalue weighted by molar-refractivity contribution is -0.121. The Morgan fingerprint density at radius 2 is 1.81 bits per heavy atom. The number of hydrogen-bond acceptors (Lipinski definition) is 3. The van der Waals surface area contributed by atoms with E-state index >= 15 is 0 Å². The van der Waals surface area contributed by atoms with E-state index in [2.05, 4.69) is 36.9 Å². The van der Waals surface area contributed by atoms with E-state index in [1.54, 1.807) is 29.1 Å². The quantitative estimate of drug-likeness (QED) is 0.359. The fourth-order valence-corrected chi connectivity index (χ4v) is 3.48. The van der Waals surface area contributed by atoms with Gasteiger partial charge in [-0.2, -0.15) is 5.10 Å². The molecule has 0 aliphatic heterocycles. The number of amides is 2. The fraction of sp³-hybridized carbons (Fsp3) is 0.0455. The topological polar surface area (TPSA) is 91.8 Å². The monoisotopic (exact) mass is 497 g/mol. The van der Waals surface area contributed by atoms with Crippen molar-refractivity contribution in [2.75, 3.05) is 0 Å². The lowest BCUT2D eigenvalue weighted by Crippen LogP contribution is -2.42. The molecule has 9 heteroatoms. The number of nitrogens with one attached hydrogen (secondary N) is 3. The molecular formula is C22H17BrClN5O2. The maximum absolute atomic E-state index is 12.5. The molecule has 0 saturated carbocycles. The van der Waals surface area contributed by atoms with Crippen molar-refractivity contribution >= 4 is 39.3 Å². The maximum atomic E-state index is 12.5. The molecule has 31 heavy (non-hydrogen) atoms. The highest BCUT2D eigenvalue weighted by atomic mass is 79.9. The van der Waals surface area contributed by atoms with Crippen LogP contribution in [0.4, 0.5) is 0 Å². The lowest BCUT2D eigenvalue weighted by atomic mass is 10.1. The minimum absolute atomic E-state index is 0.0273. The Hall–Kier alpha value is -3.36. The first-order valence-corrected chi connectivity index (χ1v) is 10.5. The highest BCUT2D eigenvalue weighted by Gasteiger charge is 2.16. The molecule has 7 nitrogen and oxygen atoms in total. The van der Waals surface area contributed by atoms with Gasteiger partial charge in [0, 0.05) is 33.0 Å². The smallest absolute Gasteiger partial charge is 0.286 e. The van der Waals surface area contributed by atoms with Crippen LogP contribution in [0.1, 0.15) is 16.1 Å². The summed E-state index contributed by atoms with van der Waals surface area (Å²) in [6.45, 7) is 0. The molecular weight excluding hydrogens is 482 g/mol. The third-order valence-corrected chi connectivity index (χ3v) is 5.20. The Kier molecular flexibility index (Phi) is 6.20. The average Bonchev–Trinajstić information content (AvgIpc) is 3.40. The van der Waals surface area contributed by atoms with Gasteiger partial charge in [0.1, 0.15) is 5.69 Å². The van der Waals surface area contributed by atoms with E-state index in [-0.39, 0.29) is 12.3 Å². The zero-order valence-electron chi connectivity index (χ0n) is 16.1. The van der Waals surface area contributed by atoms with Gasteiger partial charge in [0.05, 0.1) is 17.8 Å². The van der Waals surface area contributed by atoms with Gasteiger partial charge >= 0.3 is 0 Å². The summed E-state index contributed by atoms with van der Waals surface area (Å²) >= 11 is 9.28. The standard InChI is InChI=1S/C22H17BrClN5O2/c23-16-11-19(25-12-16)22(31)27-26-20(30)10-15-13-29(18-4-2-1-3-5-18)28-21(15)14-6-8-17(24)9-7-14/h1-9,11-13,25H,10H2,(H,26,30)(H,27,31). The fourth-order valence-electron chi connectivity index (χ4n) is 3.01. The van der Waals surface area contributed by atoms with Crippen LogP contribution in [-0.2, 0) is 11.2 Å². The number of hydrazine groups is 1. The van der Waals surface area contributed by atoms with Crippen LogP contribution in [0.15, 0.2) is 77.5 Å². The molecule has 4 aromatic rings. The first-order chi connectivity index (χ1) is 15.0. The molecule has 2 aromatic heterocycles. The van der Waals surface area contributed by atoms with Crippen LogP contribution in [0.25, 0.3) is 16.9 Å². The van der Waals surface area contributed by atoms with E-state index in [0.717, 1.165) is 15.7 Å². The van der Waals surface area contributed by atoms with Crippen LogP contribution >= 0.6 is 27.5 Å². The molecule has 156 valence electrons. The second-order valence-electron chi connectivity index (χ2n) is 6.70. The first-order valence-electron chi connectivity index (χ1n) is 9.32. The molecule has 0 radical (unpaired) electrons. The summed E-state index contributed by atoms with van der Waals surface area (Å²) in [5.74, 6) is -0.821. The number of aromatic amines is 1. The summed E-state index contributed by atoms with van der Waals surface area (Å²) in [7, 11) is 0. The van der Waals surface area contributed by atoms with E-state index < -0.39 is 5.91 Å². The molecule has 2 aromatic carbocycles. The van der Waals surface area contributed by atoms with Crippen LogP contribution in [0.3, 0.4) is 0 Å². The second kappa shape index (κ2) is 9.20. The number of benzene rings is 2. The van der Waals surface area contributed by atoms with Crippen molar-refractivity contribution in [2.24, 2.45) is 0 Å². The van der Waals surface area contributed by atoms with Crippen molar-refractivity contribution in [3.8, 4) is 16.9 Å². The van der Waals surface area contributed by atoms with E-state index in [1.165, 1.54) is 0 Å². The van der Waals surface area contributed by atoms with Crippen LogP contribution in [-0.4, -0.2) is 26.6 Å². The van der Waals surface area contributed by atoms with Gasteiger partial charge in [-0.25, -0.2) is 4.68 Å². The zero-order chi connectivity index (χ0) is 21.8. The third kappa shape index (κ3) is 5.04. The van der Waals surface area contributed by atoms with E-state index in [1.807, 2.05) is 48.7 Å². The zero-order valence-corrected chi connectivity index (χ0v) is 18.4. The number of H-pyrrole nitrogens is 1. The van der Waals surface area contributed by atoms with E-state index in [4.69, 9.17) is 11.6 Å². The molecule has 0 atom stereocenters. The maximum Gasteiger partial charge on any atom is 0.286 e. The van der Waals surface area contributed by atoms with Crippen molar-refractivity contribution in [1.29, 1.82) is 0 Å². The number of para-hydroxylation sites is 1. The summed E-state index contributed by atoms with van der Waals surface area (Å²) in [6, 6.07) is 18.5. The number of rotatable bonds is 5. The van der Waals surface area contributed by atoms with Crippen LogP contribution < -0.4 is 10.9 Å². The number of carbonyl (C=O) groups is 2. The highest BCUT2D eigenvalue weighted by Crippen LogP contribution is 2.25. The SMILES string of the molecule is O=C(Cc1cn(-c2ccccc2)nc1-c1ccc(Cl)cc1)NNC(=O)c1cc(Br)c[nH]1. The summed E-state index contributed by atoms with van der Waals surface area (Å²) < 4.78 is 2.46.